The molecule has 1 rings (SSSR count). The molecule has 4 nitrogen and oxygen atoms in total. The number of carbonyl (C=O) groups excluding carboxylic acids is 1. The molecule has 0 spiro atoms. The van der Waals surface area contributed by atoms with Crippen molar-refractivity contribution in [2.24, 2.45) is 11.7 Å². The molecule has 1 amide bonds. The van der Waals surface area contributed by atoms with Crippen molar-refractivity contribution in [1.82, 2.24) is 9.80 Å². The van der Waals surface area contributed by atoms with E-state index in [0.717, 1.165) is 13.1 Å². The molecule has 2 N–H and O–H groups in total. The molecule has 2 atom stereocenters. The Hall–Kier alpha value is -0.610. The Morgan fingerprint density at radius 2 is 2.31 bits per heavy atom. The summed E-state index contributed by atoms with van der Waals surface area (Å²) in [6, 6.07) is -0.0380. The van der Waals surface area contributed by atoms with Crippen LogP contribution < -0.4 is 5.73 Å². The van der Waals surface area contributed by atoms with E-state index in [2.05, 4.69) is 11.9 Å². The number of amides is 1. The number of hydrogen-bond donors (Lipinski definition) is 1. The van der Waals surface area contributed by atoms with Gasteiger partial charge in [-0.25, -0.2) is 0 Å². The number of nitrogens with two attached hydrogens (primary N) is 1. The standard InChI is InChI=1S/C12H25N3O/c1-10(13)7-12(16)15(3)9-11-5-4-6-14(2)8-11/h10-11H,4-9,13H2,1-3H3. The Morgan fingerprint density at radius 3 is 2.88 bits per heavy atom. The summed E-state index contributed by atoms with van der Waals surface area (Å²) in [5.74, 6) is 0.795. The van der Waals surface area contributed by atoms with Crippen molar-refractivity contribution in [3.63, 3.8) is 0 Å². The van der Waals surface area contributed by atoms with Gasteiger partial charge in [0.15, 0.2) is 0 Å². The van der Waals surface area contributed by atoms with E-state index in [0.29, 0.717) is 12.3 Å². The van der Waals surface area contributed by atoms with Gasteiger partial charge in [-0.15, -0.1) is 0 Å². The summed E-state index contributed by atoms with van der Waals surface area (Å²) in [7, 11) is 4.04. The fraction of sp³-hybridized carbons (Fsp3) is 0.917. The van der Waals surface area contributed by atoms with Gasteiger partial charge in [0.1, 0.15) is 0 Å². The molecule has 0 aromatic rings. The third-order valence-corrected chi connectivity index (χ3v) is 3.18. The van der Waals surface area contributed by atoms with E-state index in [1.54, 1.807) is 0 Å². The van der Waals surface area contributed by atoms with Crippen molar-refractivity contribution in [3.05, 3.63) is 0 Å². The number of rotatable bonds is 4. The average Bonchev–Trinajstić information content (AvgIpc) is 2.16. The first kappa shape index (κ1) is 13.5. The Bertz CT molecular complexity index is 230. The Labute approximate surface area is 98.8 Å². The van der Waals surface area contributed by atoms with Crippen LogP contribution in [0.15, 0.2) is 0 Å². The Balaban J connectivity index is 2.32. The highest BCUT2D eigenvalue weighted by Gasteiger charge is 2.20. The van der Waals surface area contributed by atoms with E-state index in [-0.39, 0.29) is 11.9 Å². The highest BCUT2D eigenvalue weighted by molar-refractivity contribution is 5.76. The van der Waals surface area contributed by atoms with Crippen LogP contribution in [-0.4, -0.2) is 55.5 Å². The van der Waals surface area contributed by atoms with E-state index < -0.39 is 0 Å². The van der Waals surface area contributed by atoms with Gasteiger partial charge < -0.3 is 15.5 Å². The smallest absolute Gasteiger partial charge is 0.223 e. The van der Waals surface area contributed by atoms with Crippen LogP contribution in [0, 0.1) is 5.92 Å². The molecule has 1 saturated heterocycles. The molecule has 94 valence electrons. The maximum Gasteiger partial charge on any atom is 0.223 e. The van der Waals surface area contributed by atoms with Crippen molar-refractivity contribution in [1.29, 1.82) is 0 Å². The van der Waals surface area contributed by atoms with Gasteiger partial charge in [0.05, 0.1) is 0 Å². The van der Waals surface area contributed by atoms with Crippen LogP contribution >= 0.6 is 0 Å². The van der Waals surface area contributed by atoms with Crippen LogP contribution in [0.25, 0.3) is 0 Å². The number of piperidine rings is 1. The van der Waals surface area contributed by atoms with Gasteiger partial charge in [-0.2, -0.15) is 0 Å². The zero-order valence-electron chi connectivity index (χ0n) is 10.8. The quantitative estimate of drug-likeness (QED) is 0.762. The molecule has 4 heteroatoms. The Morgan fingerprint density at radius 1 is 1.62 bits per heavy atom. The van der Waals surface area contributed by atoms with E-state index in [4.69, 9.17) is 5.73 Å². The summed E-state index contributed by atoms with van der Waals surface area (Å²) in [6.45, 7) is 5.04. The van der Waals surface area contributed by atoms with Crippen LogP contribution in [-0.2, 0) is 4.79 Å². The van der Waals surface area contributed by atoms with Gasteiger partial charge in [-0.1, -0.05) is 0 Å². The summed E-state index contributed by atoms with van der Waals surface area (Å²) < 4.78 is 0. The largest absolute Gasteiger partial charge is 0.345 e. The molecular weight excluding hydrogens is 202 g/mol. The molecule has 2 unspecified atom stereocenters. The molecule has 0 radical (unpaired) electrons. The molecule has 0 aliphatic carbocycles. The van der Waals surface area contributed by atoms with Gasteiger partial charge in [0.2, 0.25) is 5.91 Å². The molecule has 0 aromatic carbocycles. The van der Waals surface area contributed by atoms with Crippen molar-refractivity contribution in [3.8, 4) is 0 Å². The zero-order chi connectivity index (χ0) is 12.1. The summed E-state index contributed by atoms with van der Waals surface area (Å²) in [5, 5.41) is 0. The van der Waals surface area contributed by atoms with Crippen LogP contribution in [0.1, 0.15) is 26.2 Å². The number of nitrogens with zero attached hydrogens (tertiary/aromatic N) is 2. The molecule has 16 heavy (non-hydrogen) atoms. The van der Waals surface area contributed by atoms with Crippen molar-refractivity contribution in [2.45, 2.75) is 32.2 Å². The summed E-state index contributed by atoms with van der Waals surface area (Å²) >= 11 is 0. The molecule has 1 heterocycles. The predicted molar refractivity (Wildman–Crippen MR) is 66.1 cm³/mol. The second-order valence-electron chi connectivity index (χ2n) is 5.23. The van der Waals surface area contributed by atoms with E-state index in [1.807, 2.05) is 18.9 Å². The number of likely N-dealkylation sites (tertiary alicyclic amines) is 1. The number of carbonyl (C=O) groups is 1. The second kappa shape index (κ2) is 6.21. The lowest BCUT2D eigenvalue weighted by Gasteiger charge is -2.32. The van der Waals surface area contributed by atoms with E-state index in [1.165, 1.54) is 19.4 Å². The lowest BCUT2D eigenvalue weighted by atomic mass is 9.98. The second-order valence-corrected chi connectivity index (χ2v) is 5.23. The Kier molecular flexibility index (Phi) is 5.22. The first-order valence-electron chi connectivity index (χ1n) is 6.17. The monoisotopic (exact) mass is 227 g/mol. The van der Waals surface area contributed by atoms with Crippen molar-refractivity contribution >= 4 is 5.91 Å². The molecule has 1 fully saturated rings. The third kappa shape index (κ3) is 4.49. The van der Waals surface area contributed by atoms with Crippen molar-refractivity contribution < 1.29 is 4.79 Å². The minimum absolute atomic E-state index is 0.0380. The molecular formula is C12H25N3O. The van der Waals surface area contributed by atoms with Crippen molar-refractivity contribution in [2.75, 3.05) is 33.7 Å². The third-order valence-electron chi connectivity index (χ3n) is 3.18. The van der Waals surface area contributed by atoms with E-state index in [9.17, 15) is 4.79 Å². The SMILES string of the molecule is CC(N)CC(=O)N(C)CC1CCCN(C)C1. The average molecular weight is 227 g/mol. The summed E-state index contributed by atoms with van der Waals surface area (Å²) in [5.41, 5.74) is 5.63. The van der Waals surface area contributed by atoms with Crippen LogP contribution in [0.3, 0.4) is 0 Å². The molecule has 0 bridgehead atoms. The fourth-order valence-corrected chi connectivity index (χ4v) is 2.34. The van der Waals surface area contributed by atoms with Gasteiger partial charge in [-0.3, -0.25) is 4.79 Å². The fourth-order valence-electron chi connectivity index (χ4n) is 2.34. The maximum absolute atomic E-state index is 11.7. The first-order valence-corrected chi connectivity index (χ1v) is 6.17. The molecule has 0 saturated carbocycles. The minimum atomic E-state index is -0.0380. The van der Waals surface area contributed by atoms with Gasteiger partial charge >= 0.3 is 0 Å². The molecule has 1 aliphatic heterocycles. The normalized spacial score (nSPS) is 24.1. The highest BCUT2D eigenvalue weighted by Crippen LogP contribution is 2.16. The van der Waals surface area contributed by atoms with Gasteiger partial charge in [-0.05, 0) is 39.3 Å². The van der Waals surface area contributed by atoms with Gasteiger partial charge in [0, 0.05) is 32.6 Å². The summed E-state index contributed by atoms with van der Waals surface area (Å²) in [6.07, 6.45) is 2.94. The van der Waals surface area contributed by atoms with Gasteiger partial charge in [0.25, 0.3) is 0 Å². The molecule has 1 aliphatic rings. The minimum Gasteiger partial charge on any atom is -0.345 e. The topological polar surface area (TPSA) is 49.6 Å². The maximum atomic E-state index is 11.7. The molecule has 0 aromatic heterocycles. The first-order chi connectivity index (χ1) is 7.49. The van der Waals surface area contributed by atoms with E-state index >= 15 is 0 Å². The summed E-state index contributed by atoms with van der Waals surface area (Å²) in [4.78, 5) is 15.9. The lowest BCUT2D eigenvalue weighted by molar-refractivity contribution is -0.130. The predicted octanol–water partition coefficient (Wildman–Crippen LogP) is 0.524. The zero-order valence-corrected chi connectivity index (χ0v) is 10.8. The highest BCUT2D eigenvalue weighted by atomic mass is 16.2. The lowest BCUT2D eigenvalue weighted by Crippen LogP contribution is -2.41. The van der Waals surface area contributed by atoms with Crippen LogP contribution in [0.5, 0.6) is 0 Å². The number of hydrogen-bond acceptors (Lipinski definition) is 3. The van der Waals surface area contributed by atoms with Crippen LogP contribution in [0.4, 0.5) is 0 Å². The van der Waals surface area contributed by atoms with Crippen LogP contribution in [0.2, 0.25) is 0 Å².